The molecule has 0 heterocycles. The minimum Gasteiger partial charge on any atom is -0.494 e. The van der Waals surface area contributed by atoms with E-state index in [1.54, 1.807) is 0 Å². The highest BCUT2D eigenvalue weighted by Crippen LogP contribution is 2.33. The topological polar surface area (TPSA) is 35.5 Å². The lowest BCUT2D eigenvalue weighted by molar-refractivity contribution is 0.0319. The quantitative estimate of drug-likeness (QED) is 0.228. The molecule has 1 aliphatic carbocycles. The third-order valence-corrected chi connectivity index (χ3v) is 6.55. The molecule has 0 aromatic heterocycles. The van der Waals surface area contributed by atoms with Gasteiger partial charge in [-0.3, -0.25) is 0 Å². The molecule has 1 aliphatic rings. The molecule has 0 bridgehead atoms. The number of carbonyl (C=O) groups excluding carboxylic acids is 1. The van der Waals surface area contributed by atoms with Crippen molar-refractivity contribution in [2.45, 2.75) is 110 Å². The van der Waals surface area contributed by atoms with Crippen molar-refractivity contribution < 1.29 is 14.3 Å². The third-order valence-electron chi connectivity index (χ3n) is 6.55. The zero-order chi connectivity index (χ0) is 21.6. The van der Waals surface area contributed by atoms with E-state index in [-0.39, 0.29) is 12.1 Å². The van der Waals surface area contributed by atoms with Gasteiger partial charge in [0.15, 0.2) is 0 Å². The fourth-order valence-corrected chi connectivity index (χ4v) is 4.63. The Morgan fingerprint density at radius 2 is 1.57 bits per heavy atom. The van der Waals surface area contributed by atoms with Gasteiger partial charge >= 0.3 is 5.97 Å². The number of unbranched alkanes of at least 4 members (excludes halogenated alkanes) is 3. The average Bonchev–Trinajstić information content (AvgIpc) is 2.76. The first-order chi connectivity index (χ1) is 14.6. The van der Waals surface area contributed by atoms with E-state index < -0.39 is 0 Å². The van der Waals surface area contributed by atoms with Crippen molar-refractivity contribution in [2.75, 3.05) is 6.61 Å². The maximum absolute atomic E-state index is 12.3. The Hall–Kier alpha value is -1.51. The summed E-state index contributed by atoms with van der Waals surface area (Å²) in [5.41, 5.74) is 0.603. The second-order valence-corrected chi connectivity index (χ2v) is 9.26. The summed E-state index contributed by atoms with van der Waals surface area (Å²) in [6.45, 7) is 7.25. The summed E-state index contributed by atoms with van der Waals surface area (Å²) < 4.78 is 11.5. The first-order valence-electron chi connectivity index (χ1n) is 12.6. The summed E-state index contributed by atoms with van der Waals surface area (Å²) >= 11 is 0. The van der Waals surface area contributed by atoms with Crippen LogP contribution in [0.1, 0.15) is 115 Å². The van der Waals surface area contributed by atoms with E-state index in [1.807, 2.05) is 31.2 Å². The van der Waals surface area contributed by atoms with Crippen LogP contribution in [-0.4, -0.2) is 18.7 Å². The fraction of sp³-hybridized carbons (Fsp3) is 0.741. The summed E-state index contributed by atoms with van der Waals surface area (Å²) in [7, 11) is 0. The maximum atomic E-state index is 12.3. The Morgan fingerprint density at radius 3 is 2.20 bits per heavy atom. The molecule has 0 saturated heterocycles. The van der Waals surface area contributed by atoms with Crippen molar-refractivity contribution in [2.24, 2.45) is 11.8 Å². The molecule has 30 heavy (non-hydrogen) atoms. The molecular weight excluding hydrogens is 372 g/mol. The molecule has 1 fully saturated rings. The number of hydrogen-bond donors (Lipinski definition) is 0. The smallest absolute Gasteiger partial charge is 0.338 e. The minimum atomic E-state index is -0.233. The van der Waals surface area contributed by atoms with E-state index in [2.05, 4.69) is 13.8 Å². The molecule has 170 valence electrons. The van der Waals surface area contributed by atoms with Gasteiger partial charge in [0, 0.05) is 0 Å². The van der Waals surface area contributed by atoms with E-state index in [1.165, 1.54) is 64.2 Å². The molecule has 2 rings (SSSR count). The number of carbonyl (C=O) groups is 1. The van der Waals surface area contributed by atoms with Crippen LogP contribution in [-0.2, 0) is 4.74 Å². The number of benzene rings is 1. The van der Waals surface area contributed by atoms with Gasteiger partial charge in [-0.05, 0) is 68.7 Å². The van der Waals surface area contributed by atoms with Crippen LogP contribution in [0.3, 0.4) is 0 Å². The summed E-state index contributed by atoms with van der Waals surface area (Å²) in [6.07, 6.45) is 16.5. The molecule has 0 unspecified atom stereocenters. The lowest BCUT2D eigenvalue weighted by Crippen LogP contribution is -2.15. The average molecular weight is 417 g/mol. The first kappa shape index (κ1) is 24.8. The lowest BCUT2D eigenvalue weighted by Gasteiger charge is -2.28. The van der Waals surface area contributed by atoms with Crippen LogP contribution in [0, 0.1) is 11.8 Å². The van der Waals surface area contributed by atoms with Crippen LogP contribution in [0.4, 0.5) is 0 Å². The second kappa shape index (κ2) is 14.5. The van der Waals surface area contributed by atoms with Crippen LogP contribution < -0.4 is 4.74 Å². The van der Waals surface area contributed by atoms with Crippen molar-refractivity contribution >= 4 is 5.97 Å². The number of hydrogen-bond acceptors (Lipinski definition) is 3. The molecule has 1 aromatic rings. The zero-order valence-corrected chi connectivity index (χ0v) is 19.7. The van der Waals surface area contributed by atoms with Gasteiger partial charge in [-0.2, -0.15) is 0 Å². The van der Waals surface area contributed by atoms with Gasteiger partial charge in [0.2, 0.25) is 0 Å². The van der Waals surface area contributed by atoms with Crippen molar-refractivity contribution in [3.63, 3.8) is 0 Å². The Morgan fingerprint density at radius 1 is 0.900 bits per heavy atom. The molecule has 0 spiro atoms. The minimum absolute atomic E-state index is 0.0256. The van der Waals surface area contributed by atoms with Crippen LogP contribution >= 0.6 is 0 Å². The molecule has 0 radical (unpaired) electrons. The lowest BCUT2D eigenvalue weighted by atomic mass is 9.78. The molecule has 0 aliphatic heterocycles. The SMILES string of the molecule is CCCCCC[C@H](C)OC(=O)c1ccc(OCCCC2CCC(CCC)CC2)cc1. The Bertz CT molecular complexity index is 572. The molecule has 1 aromatic carbocycles. The molecular formula is C27H44O3. The third kappa shape index (κ3) is 9.53. The summed E-state index contributed by atoms with van der Waals surface area (Å²) in [5.74, 6) is 2.48. The highest BCUT2D eigenvalue weighted by molar-refractivity contribution is 5.89. The molecule has 0 N–H and O–H groups in total. The standard InChI is InChI=1S/C27H44O3/c1-4-6-7-8-11-22(3)30-27(28)25-17-19-26(20-18-25)29-21-9-12-24-15-13-23(10-5-2)14-16-24/h17-20,22-24H,4-16,21H2,1-3H3/t22-,23?,24?/m0/s1. The monoisotopic (exact) mass is 416 g/mol. The zero-order valence-electron chi connectivity index (χ0n) is 19.7. The van der Waals surface area contributed by atoms with Crippen LogP contribution in [0.5, 0.6) is 5.75 Å². The van der Waals surface area contributed by atoms with Gasteiger partial charge in [0.25, 0.3) is 0 Å². The number of ether oxygens (including phenoxy) is 2. The van der Waals surface area contributed by atoms with E-state index in [9.17, 15) is 4.79 Å². The highest BCUT2D eigenvalue weighted by atomic mass is 16.5. The predicted molar refractivity (Wildman–Crippen MR) is 125 cm³/mol. The molecule has 3 heteroatoms. The van der Waals surface area contributed by atoms with E-state index >= 15 is 0 Å². The van der Waals surface area contributed by atoms with Gasteiger partial charge in [-0.15, -0.1) is 0 Å². The Labute approximate surface area is 184 Å². The summed E-state index contributed by atoms with van der Waals surface area (Å²) in [4.78, 5) is 12.3. The largest absolute Gasteiger partial charge is 0.494 e. The summed E-state index contributed by atoms with van der Waals surface area (Å²) in [6, 6.07) is 7.41. The van der Waals surface area contributed by atoms with Crippen LogP contribution in [0.25, 0.3) is 0 Å². The molecule has 1 atom stereocenters. The Kier molecular flexibility index (Phi) is 12.0. The van der Waals surface area contributed by atoms with Crippen molar-refractivity contribution in [3.05, 3.63) is 29.8 Å². The predicted octanol–water partition coefficient (Wildman–Crippen LogP) is 7.97. The van der Waals surface area contributed by atoms with Crippen molar-refractivity contribution in [3.8, 4) is 5.75 Å². The summed E-state index contributed by atoms with van der Waals surface area (Å²) in [5, 5.41) is 0. The Balaban J connectivity index is 1.60. The highest BCUT2D eigenvalue weighted by Gasteiger charge is 2.20. The number of rotatable bonds is 14. The normalized spacial score (nSPS) is 20.0. The molecule has 3 nitrogen and oxygen atoms in total. The van der Waals surface area contributed by atoms with Gasteiger partial charge in [-0.25, -0.2) is 4.79 Å². The van der Waals surface area contributed by atoms with Crippen molar-refractivity contribution in [1.82, 2.24) is 0 Å². The van der Waals surface area contributed by atoms with Gasteiger partial charge in [-0.1, -0.05) is 71.6 Å². The van der Waals surface area contributed by atoms with Crippen LogP contribution in [0.15, 0.2) is 24.3 Å². The maximum Gasteiger partial charge on any atom is 0.338 e. The van der Waals surface area contributed by atoms with Crippen LogP contribution in [0.2, 0.25) is 0 Å². The van der Waals surface area contributed by atoms with Crippen molar-refractivity contribution in [1.29, 1.82) is 0 Å². The molecule has 1 saturated carbocycles. The van der Waals surface area contributed by atoms with Gasteiger partial charge in [0.1, 0.15) is 5.75 Å². The van der Waals surface area contributed by atoms with E-state index in [0.717, 1.165) is 43.5 Å². The second-order valence-electron chi connectivity index (χ2n) is 9.26. The number of esters is 1. The van der Waals surface area contributed by atoms with E-state index in [0.29, 0.717) is 5.56 Å². The molecule has 0 amide bonds. The van der Waals surface area contributed by atoms with Gasteiger partial charge < -0.3 is 9.47 Å². The fourth-order valence-electron chi connectivity index (χ4n) is 4.63. The van der Waals surface area contributed by atoms with Gasteiger partial charge in [0.05, 0.1) is 18.3 Å². The van der Waals surface area contributed by atoms with E-state index in [4.69, 9.17) is 9.47 Å². The first-order valence-corrected chi connectivity index (χ1v) is 12.6.